The number of anilines is 1. The topological polar surface area (TPSA) is 53.1 Å². The number of nitrogen functional groups attached to an aromatic ring is 1. The summed E-state index contributed by atoms with van der Waals surface area (Å²) < 4.78 is 20.5. The van der Waals surface area contributed by atoms with Crippen LogP contribution in [0.25, 0.3) is 11.0 Å². The lowest BCUT2D eigenvalue weighted by molar-refractivity contribution is 0.387. The zero-order valence-corrected chi connectivity index (χ0v) is 12.1. The first-order chi connectivity index (χ1) is 10.1. The first-order valence-electron chi connectivity index (χ1n) is 6.32. The van der Waals surface area contributed by atoms with E-state index in [9.17, 15) is 4.39 Å². The van der Waals surface area contributed by atoms with Crippen molar-refractivity contribution in [3.8, 4) is 5.75 Å². The number of imidazole rings is 1. The van der Waals surface area contributed by atoms with Gasteiger partial charge in [-0.3, -0.25) is 0 Å². The number of rotatable bonds is 3. The summed E-state index contributed by atoms with van der Waals surface area (Å²) in [4.78, 5) is 4.18. The van der Waals surface area contributed by atoms with Crippen LogP contribution < -0.4 is 10.5 Å². The molecule has 0 aliphatic carbocycles. The second-order valence-electron chi connectivity index (χ2n) is 4.66. The smallest absolute Gasteiger partial charge is 0.201 e. The Morgan fingerprint density at radius 2 is 2.14 bits per heavy atom. The van der Waals surface area contributed by atoms with Crippen LogP contribution in [0.5, 0.6) is 5.75 Å². The molecule has 21 heavy (non-hydrogen) atoms. The van der Waals surface area contributed by atoms with E-state index in [1.54, 1.807) is 16.7 Å². The predicted molar refractivity (Wildman–Crippen MR) is 81.2 cm³/mol. The number of ether oxygens (including phenoxy) is 1. The lowest BCUT2D eigenvalue weighted by Crippen LogP contribution is -2.04. The molecule has 3 aromatic rings. The summed E-state index contributed by atoms with van der Waals surface area (Å²) in [5.41, 5.74) is 8.13. The summed E-state index contributed by atoms with van der Waals surface area (Å²) in [6.07, 6.45) is 0. The van der Waals surface area contributed by atoms with Crippen molar-refractivity contribution < 1.29 is 9.13 Å². The number of hydrogen-bond acceptors (Lipinski definition) is 3. The van der Waals surface area contributed by atoms with Crippen molar-refractivity contribution >= 4 is 28.6 Å². The van der Waals surface area contributed by atoms with Crippen molar-refractivity contribution in [2.75, 3.05) is 12.8 Å². The molecule has 6 heteroatoms. The summed E-state index contributed by atoms with van der Waals surface area (Å²) >= 11 is 5.99. The Morgan fingerprint density at radius 3 is 2.86 bits per heavy atom. The first-order valence-corrected chi connectivity index (χ1v) is 6.70. The van der Waals surface area contributed by atoms with E-state index in [0.717, 1.165) is 5.56 Å². The van der Waals surface area contributed by atoms with Crippen LogP contribution in [0.3, 0.4) is 0 Å². The van der Waals surface area contributed by atoms with Crippen LogP contribution >= 0.6 is 11.6 Å². The fourth-order valence-corrected chi connectivity index (χ4v) is 2.50. The zero-order chi connectivity index (χ0) is 15.0. The third-order valence-electron chi connectivity index (χ3n) is 3.28. The van der Waals surface area contributed by atoms with Crippen LogP contribution in [0, 0.1) is 5.82 Å². The van der Waals surface area contributed by atoms with Gasteiger partial charge in [0.25, 0.3) is 0 Å². The highest BCUT2D eigenvalue weighted by Crippen LogP contribution is 2.27. The van der Waals surface area contributed by atoms with Gasteiger partial charge in [-0.15, -0.1) is 0 Å². The second kappa shape index (κ2) is 5.26. The molecule has 0 saturated heterocycles. The Hall–Kier alpha value is -2.27. The van der Waals surface area contributed by atoms with Crippen molar-refractivity contribution in [1.29, 1.82) is 0 Å². The highest BCUT2D eigenvalue weighted by molar-refractivity contribution is 6.30. The summed E-state index contributed by atoms with van der Waals surface area (Å²) in [5, 5.41) is 0.652. The van der Waals surface area contributed by atoms with Crippen molar-refractivity contribution in [2.45, 2.75) is 6.54 Å². The molecule has 0 aliphatic rings. The van der Waals surface area contributed by atoms with Gasteiger partial charge in [0, 0.05) is 17.2 Å². The van der Waals surface area contributed by atoms with Crippen LogP contribution in [-0.2, 0) is 6.54 Å². The Bertz CT molecular complexity index is 816. The number of nitrogens with zero attached hydrogens (tertiary/aromatic N) is 2. The monoisotopic (exact) mass is 305 g/mol. The van der Waals surface area contributed by atoms with E-state index in [0.29, 0.717) is 28.5 Å². The molecule has 0 aliphatic heterocycles. The molecule has 2 N–H and O–H groups in total. The summed E-state index contributed by atoms with van der Waals surface area (Å²) in [6.45, 7) is 0.498. The number of aromatic nitrogens is 2. The Kier molecular flexibility index (Phi) is 3.43. The van der Waals surface area contributed by atoms with E-state index in [1.165, 1.54) is 13.2 Å². The van der Waals surface area contributed by atoms with Gasteiger partial charge in [0.2, 0.25) is 5.95 Å². The van der Waals surface area contributed by atoms with E-state index in [1.807, 2.05) is 18.2 Å². The molecular formula is C15H13ClFN3O. The molecule has 0 saturated carbocycles. The summed E-state index contributed by atoms with van der Waals surface area (Å²) in [7, 11) is 1.42. The minimum atomic E-state index is -0.461. The molecule has 0 radical (unpaired) electrons. The Balaban J connectivity index is 2.11. The van der Waals surface area contributed by atoms with Gasteiger partial charge in [-0.1, -0.05) is 23.7 Å². The molecule has 0 spiro atoms. The second-order valence-corrected chi connectivity index (χ2v) is 5.10. The van der Waals surface area contributed by atoms with Crippen LogP contribution in [-0.4, -0.2) is 16.7 Å². The predicted octanol–water partition coefficient (Wildman–Crippen LogP) is 3.47. The number of benzene rings is 2. The van der Waals surface area contributed by atoms with Gasteiger partial charge in [-0.05, 0) is 17.7 Å². The largest absolute Gasteiger partial charge is 0.494 e. The number of halogens is 2. The molecule has 1 aromatic heterocycles. The van der Waals surface area contributed by atoms with Gasteiger partial charge in [0.1, 0.15) is 0 Å². The molecule has 3 rings (SSSR count). The number of hydrogen-bond donors (Lipinski definition) is 1. The maximum atomic E-state index is 13.7. The van der Waals surface area contributed by atoms with Gasteiger partial charge < -0.3 is 15.0 Å². The number of methoxy groups -OCH3 is 1. The van der Waals surface area contributed by atoms with E-state index in [4.69, 9.17) is 22.1 Å². The van der Waals surface area contributed by atoms with Gasteiger partial charge in [0.05, 0.1) is 24.7 Å². The normalized spacial score (nSPS) is 11.0. The minimum absolute atomic E-state index is 0.162. The van der Waals surface area contributed by atoms with Crippen LogP contribution in [0.1, 0.15) is 5.56 Å². The first kappa shape index (κ1) is 13.7. The maximum Gasteiger partial charge on any atom is 0.201 e. The Morgan fingerprint density at radius 1 is 1.33 bits per heavy atom. The van der Waals surface area contributed by atoms with Crippen molar-refractivity contribution in [3.05, 3.63) is 52.8 Å². The van der Waals surface area contributed by atoms with Gasteiger partial charge in [-0.25, -0.2) is 9.37 Å². The van der Waals surface area contributed by atoms with Crippen LogP contribution in [0.4, 0.5) is 10.3 Å². The standard InChI is InChI=1S/C15H13ClFN3O/c1-21-14-7-13-12(6-11(14)17)19-15(18)20(13)8-9-3-2-4-10(16)5-9/h2-7H,8H2,1H3,(H2,18,19). The van der Waals surface area contributed by atoms with E-state index in [2.05, 4.69) is 4.98 Å². The molecule has 4 nitrogen and oxygen atoms in total. The van der Waals surface area contributed by atoms with Crippen molar-refractivity contribution in [2.24, 2.45) is 0 Å². The lowest BCUT2D eigenvalue weighted by atomic mass is 10.2. The van der Waals surface area contributed by atoms with Gasteiger partial charge in [-0.2, -0.15) is 0 Å². The molecule has 0 bridgehead atoms. The SMILES string of the molecule is COc1cc2c(cc1F)nc(N)n2Cc1cccc(Cl)c1. The average molecular weight is 306 g/mol. The fourth-order valence-electron chi connectivity index (χ4n) is 2.29. The third kappa shape index (κ3) is 2.52. The van der Waals surface area contributed by atoms with Crippen molar-refractivity contribution in [1.82, 2.24) is 9.55 Å². The highest BCUT2D eigenvalue weighted by atomic mass is 35.5. The maximum absolute atomic E-state index is 13.7. The molecule has 2 aromatic carbocycles. The zero-order valence-electron chi connectivity index (χ0n) is 11.3. The quantitative estimate of drug-likeness (QED) is 0.806. The minimum Gasteiger partial charge on any atom is -0.494 e. The molecule has 1 heterocycles. The third-order valence-corrected chi connectivity index (χ3v) is 3.52. The van der Waals surface area contributed by atoms with Crippen LogP contribution in [0.15, 0.2) is 36.4 Å². The fraction of sp³-hybridized carbons (Fsp3) is 0.133. The lowest BCUT2D eigenvalue weighted by Gasteiger charge is -2.08. The van der Waals surface area contributed by atoms with Crippen molar-refractivity contribution in [3.63, 3.8) is 0 Å². The molecule has 0 unspecified atom stereocenters. The average Bonchev–Trinajstić information content (AvgIpc) is 2.73. The number of nitrogens with two attached hydrogens (primary N) is 1. The molecular weight excluding hydrogens is 293 g/mol. The van der Waals surface area contributed by atoms with E-state index in [-0.39, 0.29) is 5.75 Å². The molecule has 108 valence electrons. The Labute approximate surface area is 125 Å². The van der Waals surface area contributed by atoms with Gasteiger partial charge >= 0.3 is 0 Å². The molecule has 0 fully saturated rings. The van der Waals surface area contributed by atoms with Gasteiger partial charge in [0.15, 0.2) is 11.6 Å². The van der Waals surface area contributed by atoms with Crippen LogP contribution in [0.2, 0.25) is 5.02 Å². The summed E-state index contributed by atoms with van der Waals surface area (Å²) in [6, 6.07) is 10.4. The summed E-state index contributed by atoms with van der Waals surface area (Å²) in [5.74, 6) is 0.0183. The van der Waals surface area contributed by atoms with E-state index >= 15 is 0 Å². The number of fused-ring (bicyclic) bond motifs is 1. The molecule has 0 atom stereocenters. The van der Waals surface area contributed by atoms with E-state index < -0.39 is 5.82 Å². The molecule has 0 amide bonds. The highest BCUT2D eigenvalue weighted by Gasteiger charge is 2.13.